The van der Waals surface area contributed by atoms with E-state index in [4.69, 9.17) is 0 Å². The van der Waals surface area contributed by atoms with E-state index in [1.807, 2.05) is 48.7 Å². The molecule has 0 radical (unpaired) electrons. The Hall–Kier alpha value is -3.16. The second-order valence-corrected chi connectivity index (χ2v) is 6.61. The molecule has 4 rings (SSSR count). The van der Waals surface area contributed by atoms with Gasteiger partial charge in [-0.1, -0.05) is 30.3 Å². The van der Waals surface area contributed by atoms with Crippen LogP contribution in [0.15, 0.2) is 45.0 Å². The lowest BCUT2D eigenvalue weighted by Crippen LogP contribution is -2.40. The molecule has 3 aromatic rings. The topological polar surface area (TPSA) is 77.4 Å². The van der Waals surface area contributed by atoms with Crippen LogP contribution < -0.4 is 16.3 Å². The maximum absolute atomic E-state index is 13.2. The predicted molar refractivity (Wildman–Crippen MR) is 101 cm³/mol. The smallest absolute Gasteiger partial charge is 0.294 e. The van der Waals surface area contributed by atoms with E-state index in [1.165, 1.54) is 9.13 Å². The number of hydrogen-bond acceptors (Lipinski definition) is 5. The summed E-state index contributed by atoms with van der Waals surface area (Å²) in [6.45, 7) is 4.11. The molecular formula is C18H20N6O2. The average molecular weight is 352 g/mol. The average Bonchev–Trinajstić information content (AvgIpc) is 3.04. The van der Waals surface area contributed by atoms with Crippen LogP contribution in [0.1, 0.15) is 25.5 Å². The van der Waals surface area contributed by atoms with Crippen LogP contribution >= 0.6 is 0 Å². The Bertz CT molecular complexity index is 1150. The van der Waals surface area contributed by atoms with Crippen LogP contribution in [-0.2, 0) is 13.6 Å². The molecule has 0 saturated carbocycles. The Morgan fingerprint density at radius 2 is 1.81 bits per heavy atom. The normalized spacial score (nSPS) is 16.7. The van der Waals surface area contributed by atoms with E-state index in [-0.39, 0.29) is 23.8 Å². The molecule has 0 fully saturated rings. The van der Waals surface area contributed by atoms with Gasteiger partial charge in [0, 0.05) is 14.1 Å². The van der Waals surface area contributed by atoms with Gasteiger partial charge >= 0.3 is 5.69 Å². The van der Waals surface area contributed by atoms with Crippen molar-refractivity contribution in [3.63, 3.8) is 0 Å². The quantitative estimate of drug-likeness (QED) is 0.697. The molecule has 1 atom stereocenters. The second-order valence-electron chi connectivity index (χ2n) is 6.61. The Labute approximate surface area is 149 Å². The van der Waals surface area contributed by atoms with Gasteiger partial charge in [-0.3, -0.25) is 18.5 Å². The summed E-state index contributed by atoms with van der Waals surface area (Å²) in [5.41, 5.74) is 1.86. The maximum Gasteiger partial charge on any atom is 0.332 e. The van der Waals surface area contributed by atoms with Crippen LogP contribution in [0.5, 0.6) is 0 Å². The number of imidazole rings is 1. The number of aromatic nitrogens is 4. The third-order valence-corrected chi connectivity index (χ3v) is 4.93. The summed E-state index contributed by atoms with van der Waals surface area (Å²) in [5, 5.41) is 6.08. The Kier molecular flexibility index (Phi) is 3.57. The van der Waals surface area contributed by atoms with Crippen LogP contribution in [0.25, 0.3) is 11.2 Å². The summed E-state index contributed by atoms with van der Waals surface area (Å²) in [5.74, 6) is 0.558. The van der Waals surface area contributed by atoms with Crippen molar-refractivity contribution in [1.82, 2.24) is 18.7 Å². The molecular weight excluding hydrogens is 332 g/mol. The minimum Gasteiger partial charge on any atom is -0.294 e. The largest absolute Gasteiger partial charge is 0.332 e. The van der Waals surface area contributed by atoms with Crippen molar-refractivity contribution in [2.45, 2.75) is 26.4 Å². The summed E-state index contributed by atoms with van der Waals surface area (Å²) < 4.78 is 4.56. The van der Waals surface area contributed by atoms with Gasteiger partial charge in [0.2, 0.25) is 5.95 Å². The third kappa shape index (κ3) is 2.22. The summed E-state index contributed by atoms with van der Waals surface area (Å²) in [7, 11) is 3.43. The van der Waals surface area contributed by atoms with Crippen molar-refractivity contribution in [3.05, 3.63) is 56.7 Å². The highest BCUT2D eigenvalue weighted by atomic mass is 16.2. The van der Waals surface area contributed by atoms with Gasteiger partial charge in [-0.15, -0.1) is 0 Å². The minimum atomic E-state index is -0.380. The van der Waals surface area contributed by atoms with E-state index >= 15 is 0 Å². The standard InChI is InChI=1S/C18H20N6O2/c1-11-12(2)24-14-15(19-17(24)22(4)20-11)21(3)18(26)23(16(14)25)10-13-8-6-5-7-9-13/h5-9,12H,10H2,1-4H3. The van der Waals surface area contributed by atoms with Gasteiger partial charge in [0.05, 0.1) is 18.3 Å². The molecule has 1 aliphatic heterocycles. The zero-order valence-corrected chi connectivity index (χ0v) is 15.2. The van der Waals surface area contributed by atoms with Gasteiger partial charge in [0.25, 0.3) is 5.56 Å². The lowest BCUT2D eigenvalue weighted by atomic mass is 10.2. The first kappa shape index (κ1) is 16.3. The highest BCUT2D eigenvalue weighted by Gasteiger charge is 2.29. The third-order valence-electron chi connectivity index (χ3n) is 4.93. The van der Waals surface area contributed by atoms with Crippen LogP contribution in [0.3, 0.4) is 0 Å². The van der Waals surface area contributed by atoms with Crippen molar-refractivity contribution >= 4 is 22.8 Å². The zero-order valence-electron chi connectivity index (χ0n) is 15.2. The van der Waals surface area contributed by atoms with Crippen molar-refractivity contribution < 1.29 is 0 Å². The van der Waals surface area contributed by atoms with E-state index in [2.05, 4.69) is 10.1 Å². The van der Waals surface area contributed by atoms with E-state index in [0.29, 0.717) is 17.1 Å². The number of nitrogens with zero attached hydrogens (tertiary/aromatic N) is 6. The fraction of sp³-hybridized carbons (Fsp3) is 0.333. The molecule has 1 aromatic carbocycles. The number of fused-ring (bicyclic) bond motifs is 3. The molecule has 8 heteroatoms. The highest BCUT2D eigenvalue weighted by Crippen LogP contribution is 2.28. The number of aryl methyl sites for hydroxylation is 1. The van der Waals surface area contributed by atoms with Gasteiger partial charge in [-0.25, -0.2) is 9.80 Å². The molecule has 134 valence electrons. The van der Waals surface area contributed by atoms with Gasteiger partial charge < -0.3 is 0 Å². The first-order chi connectivity index (χ1) is 12.4. The zero-order chi connectivity index (χ0) is 18.6. The van der Waals surface area contributed by atoms with E-state index in [9.17, 15) is 9.59 Å². The van der Waals surface area contributed by atoms with Crippen LogP contribution in [0.2, 0.25) is 0 Å². The maximum atomic E-state index is 13.2. The molecule has 1 unspecified atom stereocenters. The van der Waals surface area contributed by atoms with Gasteiger partial charge in [0.1, 0.15) is 0 Å². The molecule has 0 bridgehead atoms. The molecule has 0 spiro atoms. The van der Waals surface area contributed by atoms with Crippen molar-refractivity contribution in [1.29, 1.82) is 0 Å². The molecule has 1 aliphatic rings. The van der Waals surface area contributed by atoms with E-state index in [0.717, 1.165) is 11.3 Å². The minimum absolute atomic E-state index is 0.110. The number of rotatable bonds is 2. The molecule has 26 heavy (non-hydrogen) atoms. The van der Waals surface area contributed by atoms with Crippen molar-refractivity contribution in [2.24, 2.45) is 12.1 Å². The molecule has 3 heterocycles. The highest BCUT2D eigenvalue weighted by molar-refractivity contribution is 5.90. The Morgan fingerprint density at radius 3 is 2.50 bits per heavy atom. The molecule has 8 nitrogen and oxygen atoms in total. The summed E-state index contributed by atoms with van der Waals surface area (Å²) >= 11 is 0. The lowest BCUT2D eigenvalue weighted by Gasteiger charge is -2.26. The van der Waals surface area contributed by atoms with Crippen LogP contribution in [-0.4, -0.2) is 31.4 Å². The van der Waals surface area contributed by atoms with Crippen LogP contribution in [0.4, 0.5) is 5.95 Å². The summed E-state index contributed by atoms with van der Waals surface area (Å²) in [4.78, 5) is 30.5. The second kappa shape index (κ2) is 5.69. The fourth-order valence-corrected chi connectivity index (χ4v) is 3.38. The molecule has 0 saturated heterocycles. The number of benzene rings is 1. The lowest BCUT2D eigenvalue weighted by molar-refractivity contribution is 0.638. The SMILES string of the molecule is CC1=NN(C)c2nc3c(c(=O)n(Cc4ccccc4)c(=O)n3C)n2C1C. The van der Waals surface area contributed by atoms with Crippen molar-refractivity contribution in [2.75, 3.05) is 12.1 Å². The molecule has 0 amide bonds. The number of hydrazone groups is 1. The Morgan fingerprint density at radius 1 is 1.12 bits per heavy atom. The predicted octanol–water partition coefficient (Wildman–Crippen LogP) is 1.33. The van der Waals surface area contributed by atoms with Gasteiger partial charge in [0.15, 0.2) is 11.2 Å². The van der Waals surface area contributed by atoms with Crippen molar-refractivity contribution in [3.8, 4) is 0 Å². The summed E-state index contributed by atoms with van der Waals surface area (Å²) in [6, 6.07) is 9.37. The van der Waals surface area contributed by atoms with Crippen LogP contribution in [0, 0.1) is 0 Å². The van der Waals surface area contributed by atoms with Gasteiger partial charge in [-0.2, -0.15) is 10.1 Å². The van der Waals surface area contributed by atoms with Gasteiger partial charge in [-0.05, 0) is 19.4 Å². The molecule has 0 aliphatic carbocycles. The number of anilines is 1. The first-order valence-corrected chi connectivity index (χ1v) is 8.44. The first-order valence-electron chi connectivity index (χ1n) is 8.44. The molecule has 0 N–H and O–H groups in total. The summed E-state index contributed by atoms with van der Waals surface area (Å²) in [6.07, 6.45) is 0. The fourth-order valence-electron chi connectivity index (χ4n) is 3.38. The number of hydrogen-bond donors (Lipinski definition) is 0. The Balaban J connectivity index is 2.03. The monoisotopic (exact) mass is 352 g/mol. The van der Waals surface area contributed by atoms with E-state index < -0.39 is 0 Å². The van der Waals surface area contributed by atoms with E-state index in [1.54, 1.807) is 19.1 Å². The molecule has 2 aromatic heterocycles.